The molecule has 1 aliphatic heterocycles. The van der Waals surface area contributed by atoms with E-state index in [1.165, 1.54) is 16.8 Å². The third-order valence-electron chi connectivity index (χ3n) is 5.17. The van der Waals surface area contributed by atoms with Crippen LogP contribution in [0.2, 0.25) is 0 Å². The van der Waals surface area contributed by atoms with Gasteiger partial charge < -0.3 is 9.80 Å². The molecule has 0 amide bonds. The second-order valence-corrected chi connectivity index (χ2v) is 6.78. The normalized spacial score (nSPS) is 17.8. The van der Waals surface area contributed by atoms with Gasteiger partial charge in [0, 0.05) is 68.5 Å². The predicted molar refractivity (Wildman–Crippen MR) is 97.7 cm³/mol. The van der Waals surface area contributed by atoms with Crippen LogP contribution in [0.15, 0.2) is 43.1 Å². The van der Waals surface area contributed by atoms with Crippen molar-refractivity contribution in [1.29, 1.82) is 0 Å². The van der Waals surface area contributed by atoms with Crippen molar-refractivity contribution >= 4 is 17.0 Å². The summed E-state index contributed by atoms with van der Waals surface area (Å²) in [6.07, 6.45) is 12.9. The van der Waals surface area contributed by atoms with E-state index in [0.717, 1.165) is 49.6 Å². The molecule has 0 spiro atoms. The smallest absolute Gasteiger partial charge is 0.233 e. The summed E-state index contributed by atoms with van der Waals surface area (Å²) in [7, 11) is 2.18. The van der Waals surface area contributed by atoms with E-state index in [1.807, 2.05) is 23.0 Å². The van der Waals surface area contributed by atoms with Gasteiger partial charge in [0.15, 0.2) is 0 Å². The van der Waals surface area contributed by atoms with Crippen LogP contribution in [-0.2, 0) is 6.42 Å². The minimum Gasteiger partial charge on any atom is -0.368 e. The SMILES string of the molecule is CN1CCN(c2cnc3c(c2)C(c2cnc4nccn4c2)=CC3)CC1. The van der Waals surface area contributed by atoms with Crippen LogP contribution in [0.4, 0.5) is 5.69 Å². The number of fused-ring (bicyclic) bond motifs is 2. The number of anilines is 1. The Kier molecular flexibility index (Phi) is 3.31. The van der Waals surface area contributed by atoms with E-state index in [4.69, 9.17) is 4.98 Å². The van der Waals surface area contributed by atoms with Crippen LogP contribution in [0.25, 0.3) is 11.4 Å². The fourth-order valence-corrected chi connectivity index (χ4v) is 3.65. The van der Waals surface area contributed by atoms with Crippen molar-refractivity contribution in [3.63, 3.8) is 0 Å². The third-order valence-corrected chi connectivity index (χ3v) is 5.17. The quantitative estimate of drug-likeness (QED) is 0.717. The zero-order chi connectivity index (χ0) is 16.8. The predicted octanol–water partition coefficient (Wildman–Crippen LogP) is 1.86. The second-order valence-electron chi connectivity index (χ2n) is 6.78. The van der Waals surface area contributed by atoms with E-state index >= 15 is 0 Å². The van der Waals surface area contributed by atoms with Crippen molar-refractivity contribution < 1.29 is 0 Å². The number of pyridine rings is 1. The van der Waals surface area contributed by atoms with Crippen LogP contribution in [0.1, 0.15) is 16.8 Å². The van der Waals surface area contributed by atoms with Crippen LogP contribution >= 0.6 is 0 Å². The molecule has 0 bridgehead atoms. The molecule has 6 heteroatoms. The summed E-state index contributed by atoms with van der Waals surface area (Å²) in [5.41, 5.74) is 5.94. The molecule has 1 fully saturated rings. The molecule has 3 aromatic rings. The van der Waals surface area contributed by atoms with Crippen molar-refractivity contribution in [2.24, 2.45) is 0 Å². The average molecular weight is 332 g/mol. The summed E-state index contributed by atoms with van der Waals surface area (Å²) < 4.78 is 1.96. The first-order chi connectivity index (χ1) is 12.3. The first kappa shape index (κ1) is 14.6. The lowest BCUT2D eigenvalue weighted by Crippen LogP contribution is -2.44. The Morgan fingerprint density at radius 2 is 1.88 bits per heavy atom. The molecule has 3 aromatic heterocycles. The maximum Gasteiger partial charge on any atom is 0.233 e. The topological polar surface area (TPSA) is 49.6 Å². The van der Waals surface area contributed by atoms with Crippen LogP contribution in [0, 0.1) is 0 Å². The molecular weight excluding hydrogens is 312 g/mol. The lowest BCUT2D eigenvalue weighted by molar-refractivity contribution is 0.313. The van der Waals surface area contributed by atoms with Crippen molar-refractivity contribution in [3.05, 3.63) is 59.9 Å². The Hall–Kier alpha value is -2.73. The van der Waals surface area contributed by atoms with E-state index in [0.29, 0.717) is 0 Å². The first-order valence-corrected chi connectivity index (χ1v) is 8.70. The molecule has 6 nitrogen and oxygen atoms in total. The van der Waals surface area contributed by atoms with Crippen LogP contribution in [0.5, 0.6) is 0 Å². The van der Waals surface area contributed by atoms with Crippen molar-refractivity contribution in [3.8, 4) is 0 Å². The van der Waals surface area contributed by atoms with Gasteiger partial charge in [-0.15, -0.1) is 0 Å². The van der Waals surface area contributed by atoms with Gasteiger partial charge in [-0.1, -0.05) is 6.08 Å². The molecule has 0 atom stereocenters. The zero-order valence-corrected chi connectivity index (χ0v) is 14.3. The summed E-state index contributed by atoms with van der Waals surface area (Å²) >= 11 is 0. The van der Waals surface area contributed by atoms with E-state index in [1.54, 1.807) is 6.20 Å². The highest BCUT2D eigenvalue weighted by atomic mass is 15.2. The van der Waals surface area contributed by atoms with Gasteiger partial charge in [-0.3, -0.25) is 9.38 Å². The number of imidazole rings is 1. The number of nitrogens with zero attached hydrogens (tertiary/aromatic N) is 6. The monoisotopic (exact) mass is 332 g/mol. The number of hydrogen-bond acceptors (Lipinski definition) is 5. The molecule has 0 aromatic carbocycles. The lowest BCUT2D eigenvalue weighted by atomic mass is 10.0. The number of hydrogen-bond donors (Lipinski definition) is 0. The highest BCUT2D eigenvalue weighted by Gasteiger charge is 2.21. The van der Waals surface area contributed by atoms with E-state index < -0.39 is 0 Å². The number of aromatic nitrogens is 4. The molecular formula is C19H20N6. The van der Waals surface area contributed by atoms with Gasteiger partial charge in [0.05, 0.1) is 17.6 Å². The van der Waals surface area contributed by atoms with Crippen LogP contribution < -0.4 is 4.90 Å². The fraction of sp³-hybridized carbons (Fsp3) is 0.316. The molecule has 5 rings (SSSR count). The van der Waals surface area contributed by atoms with Crippen molar-refractivity contribution in [1.82, 2.24) is 24.3 Å². The van der Waals surface area contributed by atoms with Crippen LogP contribution in [0.3, 0.4) is 0 Å². The maximum atomic E-state index is 4.73. The van der Waals surface area contributed by atoms with Gasteiger partial charge >= 0.3 is 0 Å². The Balaban J connectivity index is 1.50. The van der Waals surface area contributed by atoms with E-state index in [9.17, 15) is 0 Å². The molecule has 25 heavy (non-hydrogen) atoms. The summed E-state index contributed by atoms with van der Waals surface area (Å²) in [6, 6.07) is 2.30. The summed E-state index contributed by atoms with van der Waals surface area (Å²) in [5, 5.41) is 0. The Bertz CT molecular complexity index is 965. The van der Waals surface area contributed by atoms with Gasteiger partial charge in [-0.2, -0.15) is 0 Å². The zero-order valence-electron chi connectivity index (χ0n) is 14.3. The lowest BCUT2D eigenvalue weighted by Gasteiger charge is -2.34. The van der Waals surface area contributed by atoms with Gasteiger partial charge in [0.2, 0.25) is 5.78 Å². The molecule has 0 N–H and O–H groups in total. The summed E-state index contributed by atoms with van der Waals surface area (Å²) in [6.45, 7) is 4.30. The minimum atomic E-state index is 0.729. The fourth-order valence-electron chi connectivity index (χ4n) is 3.65. The van der Waals surface area contributed by atoms with Crippen LogP contribution in [-0.4, -0.2) is 57.5 Å². The third kappa shape index (κ3) is 2.49. The molecule has 1 aliphatic carbocycles. The number of allylic oxidation sites excluding steroid dienone is 1. The Morgan fingerprint density at radius 3 is 2.76 bits per heavy atom. The molecule has 4 heterocycles. The van der Waals surface area contributed by atoms with E-state index in [2.05, 4.69) is 45.2 Å². The second kappa shape index (κ2) is 5.67. The molecule has 2 aliphatic rings. The molecule has 1 saturated heterocycles. The highest BCUT2D eigenvalue weighted by Crippen LogP contribution is 2.33. The van der Waals surface area contributed by atoms with Crippen molar-refractivity contribution in [2.75, 3.05) is 38.1 Å². The number of piperazine rings is 1. The number of rotatable bonds is 2. The average Bonchev–Trinajstić information content (AvgIpc) is 3.27. The standard InChI is InChI=1S/C19H20N6/c1-23-6-8-24(9-7-23)15-10-17-16(2-3-18(17)21-12-15)14-11-22-19-20-4-5-25(19)13-14/h2,4-5,10-13H,3,6-9H2,1H3. The molecule has 0 unspecified atom stereocenters. The first-order valence-electron chi connectivity index (χ1n) is 8.70. The van der Waals surface area contributed by atoms with Crippen molar-refractivity contribution in [2.45, 2.75) is 6.42 Å². The number of likely N-dealkylation sites (N-methyl/N-ethyl adjacent to an activating group) is 1. The maximum absolute atomic E-state index is 4.73. The van der Waals surface area contributed by atoms with Gasteiger partial charge in [-0.25, -0.2) is 9.97 Å². The Morgan fingerprint density at radius 1 is 1.00 bits per heavy atom. The van der Waals surface area contributed by atoms with Gasteiger partial charge in [0.25, 0.3) is 0 Å². The summed E-state index contributed by atoms with van der Waals surface area (Å²) in [5.74, 6) is 0.729. The van der Waals surface area contributed by atoms with E-state index in [-0.39, 0.29) is 0 Å². The summed E-state index contributed by atoms with van der Waals surface area (Å²) in [4.78, 5) is 18.2. The Labute approximate surface area is 146 Å². The highest BCUT2D eigenvalue weighted by molar-refractivity contribution is 5.84. The van der Waals surface area contributed by atoms with Gasteiger partial charge in [-0.05, 0) is 18.7 Å². The largest absolute Gasteiger partial charge is 0.368 e. The molecule has 0 saturated carbocycles. The van der Waals surface area contributed by atoms with Gasteiger partial charge in [0.1, 0.15) is 0 Å². The molecule has 126 valence electrons. The molecule has 0 radical (unpaired) electrons. The minimum absolute atomic E-state index is 0.729.